The monoisotopic (exact) mass is 386 g/mol. The Labute approximate surface area is 159 Å². The standard InChI is InChI=1S/C20H16F2N2O4/c21-20(22)28-17-8-13(18-9-23-11-27-18)5-6-15(17)24-19(25)14-7-12-3-1-2-4-16(12)26-10-14/h1-6,8-9,11,14,20H,7,10H2,(H,24,25)/t14-/m1/s1. The van der Waals surface area contributed by atoms with E-state index in [2.05, 4.69) is 15.0 Å². The molecule has 0 radical (unpaired) electrons. The number of carbonyl (C=O) groups is 1. The molecule has 0 saturated heterocycles. The number of anilines is 1. The van der Waals surface area contributed by atoms with Gasteiger partial charge in [0.05, 0.1) is 17.8 Å². The molecular weight excluding hydrogens is 370 g/mol. The van der Waals surface area contributed by atoms with E-state index in [4.69, 9.17) is 9.15 Å². The van der Waals surface area contributed by atoms with Crippen LogP contribution in [-0.2, 0) is 11.2 Å². The number of halogens is 2. The third-order valence-corrected chi connectivity index (χ3v) is 4.42. The number of nitrogens with one attached hydrogen (secondary N) is 1. The molecule has 0 saturated carbocycles. The van der Waals surface area contributed by atoms with Crippen LogP contribution < -0.4 is 14.8 Å². The van der Waals surface area contributed by atoms with Gasteiger partial charge in [0, 0.05) is 5.56 Å². The Bertz CT molecular complexity index is 976. The van der Waals surface area contributed by atoms with Crippen molar-refractivity contribution in [2.45, 2.75) is 13.0 Å². The Morgan fingerprint density at radius 3 is 2.89 bits per heavy atom. The van der Waals surface area contributed by atoms with Gasteiger partial charge in [0.25, 0.3) is 0 Å². The minimum Gasteiger partial charge on any atom is -0.492 e. The second kappa shape index (κ2) is 7.67. The number of carbonyl (C=O) groups excluding carboxylic acids is 1. The first-order chi connectivity index (χ1) is 13.6. The lowest BCUT2D eigenvalue weighted by atomic mass is 9.96. The number of rotatable bonds is 5. The van der Waals surface area contributed by atoms with E-state index in [0.29, 0.717) is 17.7 Å². The molecule has 2 aromatic carbocycles. The van der Waals surface area contributed by atoms with E-state index in [9.17, 15) is 13.6 Å². The summed E-state index contributed by atoms with van der Waals surface area (Å²) < 4.78 is 41.1. The molecule has 6 nitrogen and oxygen atoms in total. The highest BCUT2D eigenvalue weighted by molar-refractivity contribution is 5.94. The fourth-order valence-corrected chi connectivity index (χ4v) is 3.06. The number of amides is 1. The Morgan fingerprint density at radius 2 is 2.11 bits per heavy atom. The summed E-state index contributed by atoms with van der Waals surface area (Å²) in [5.74, 6) is 0.220. The molecular formula is C20H16F2N2O4. The molecule has 4 rings (SSSR count). The van der Waals surface area contributed by atoms with E-state index in [0.717, 1.165) is 11.3 Å². The Balaban J connectivity index is 1.54. The van der Waals surface area contributed by atoms with Crippen molar-refractivity contribution in [2.24, 2.45) is 5.92 Å². The number of nitrogens with zero attached hydrogens (tertiary/aromatic N) is 1. The number of hydrogen-bond acceptors (Lipinski definition) is 5. The molecule has 0 fully saturated rings. The number of hydrogen-bond donors (Lipinski definition) is 1. The van der Waals surface area contributed by atoms with E-state index in [1.54, 1.807) is 6.07 Å². The first-order valence-corrected chi connectivity index (χ1v) is 8.59. The maximum absolute atomic E-state index is 12.8. The summed E-state index contributed by atoms with van der Waals surface area (Å²) in [6.07, 6.45) is 3.19. The predicted molar refractivity (Wildman–Crippen MR) is 96.3 cm³/mol. The van der Waals surface area contributed by atoms with Crippen LogP contribution >= 0.6 is 0 Å². The van der Waals surface area contributed by atoms with Gasteiger partial charge < -0.3 is 19.2 Å². The molecule has 0 unspecified atom stereocenters. The van der Waals surface area contributed by atoms with Crippen LogP contribution in [0.25, 0.3) is 11.3 Å². The number of aromatic nitrogens is 1. The van der Waals surface area contributed by atoms with Gasteiger partial charge in [-0.05, 0) is 36.2 Å². The van der Waals surface area contributed by atoms with Gasteiger partial charge in [0.2, 0.25) is 5.91 Å². The number of fused-ring (bicyclic) bond motifs is 1. The molecule has 8 heteroatoms. The lowest BCUT2D eigenvalue weighted by molar-refractivity contribution is -0.121. The van der Waals surface area contributed by atoms with Crippen molar-refractivity contribution in [1.29, 1.82) is 0 Å². The van der Waals surface area contributed by atoms with Gasteiger partial charge in [-0.15, -0.1) is 0 Å². The highest BCUT2D eigenvalue weighted by Crippen LogP contribution is 2.33. The minimum absolute atomic E-state index is 0.146. The fraction of sp³-hybridized carbons (Fsp3) is 0.200. The second-order valence-electron chi connectivity index (χ2n) is 6.26. The molecule has 1 aromatic heterocycles. The first kappa shape index (κ1) is 18.0. The van der Waals surface area contributed by atoms with Gasteiger partial charge >= 0.3 is 6.61 Å². The predicted octanol–water partition coefficient (Wildman–Crippen LogP) is 4.13. The highest BCUT2D eigenvalue weighted by atomic mass is 19.3. The Hall–Kier alpha value is -3.42. The zero-order valence-electron chi connectivity index (χ0n) is 14.6. The van der Waals surface area contributed by atoms with Crippen LogP contribution in [0.5, 0.6) is 11.5 Å². The maximum Gasteiger partial charge on any atom is 0.387 e. The Morgan fingerprint density at radius 1 is 1.25 bits per heavy atom. The van der Waals surface area contributed by atoms with Crippen LogP contribution in [0.2, 0.25) is 0 Å². The van der Waals surface area contributed by atoms with E-state index in [1.165, 1.54) is 24.7 Å². The van der Waals surface area contributed by atoms with Gasteiger partial charge in [-0.2, -0.15) is 8.78 Å². The SMILES string of the molecule is O=C(Nc1ccc(-c2cnco2)cc1OC(F)F)[C@H]1COc2ccccc2C1. The third-order valence-electron chi connectivity index (χ3n) is 4.42. The molecule has 1 atom stereocenters. The first-order valence-electron chi connectivity index (χ1n) is 8.59. The fourth-order valence-electron chi connectivity index (χ4n) is 3.06. The summed E-state index contributed by atoms with van der Waals surface area (Å²) in [5, 5.41) is 2.67. The molecule has 0 spiro atoms. The lowest BCUT2D eigenvalue weighted by Gasteiger charge is -2.25. The van der Waals surface area contributed by atoms with Gasteiger partial charge in [0.15, 0.2) is 12.2 Å². The summed E-state index contributed by atoms with van der Waals surface area (Å²) in [7, 11) is 0. The van der Waals surface area contributed by atoms with Crippen molar-refractivity contribution < 1.29 is 27.5 Å². The van der Waals surface area contributed by atoms with Crippen LogP contribution in [0.1, 0.15) is 5.56 Å². The molecule has 144 valence electrons. The van der Waals surface area contributed by atoms with Crippen molar-refractivity contribution in [2.75, 3.05) is 11.9 Å². The summed E-state index contributed by atoms with van der Waals surface area (Å²) in [4.78, 5) is 16.5. The normalized spacial score (nSPS) is 15.6. The summed E-state index contributed by atoms with van der Waals surface area (Å²) in [6.45, 7) is -2.82. The zero-order valence-corrected chi connectivity index (χ0v) is 14.6. The molecule has 28 heavy (non-hydrogen) atoms. The molecule has 1 aliphatic heterocycles. The summed E-state index contributed by atoms with van der Waals surface area (Å²) in [5.41, 5.74) is 1.58. The topological polar surface area (TPSA) is 73.6 Å². The van der Waals surface area contributed by atoms with Crippen molar-refractivity contribution in [1.82, 2.24) is 4.98 Å². The number of ether oxygens (including phenoxy) is 2. The highest BCUT2D eigenvalue weighted by Gasteiger charge is 2.27. The smallest absolute Gasteiger partial charge is 0.387 e. The van der Waals surface area contributed by atoms with Gasteiger partial charge in [-0.25, -0.2) is 4.98 Å². The Kier molecular flexibility index (Phi) is 4.92. The van der Waals surface area contributed by atoms with Gasteiger partial charge in [0.1, 0.15) is 18.1 Å². The van der Waals surface area contributed by atoms with E-state index in [1.807, 2.05) is 24.3 Å². The summed E-state index contributed by atoms with van der Waals surface area (Å²) in [6, 6.07) is 12.0. The third kappa shape index (κ3) is 3.80. The summed E-state index contributed by atoms with van der Waals surface area (Å²) >= 11 is 0. The zero-order chi connectivity index (χ0) is 19.5. The van der Waals surface area contributed by atoms with Crippen molar-refractivity contribution in [3.8, 4) is 22.8 Å². The largest absolute Gasteiger partial charge is 0.492 e. The van der Waals surface area contributed by atoms with Crippen LogP contribution in [0, 0.1) is 5.92 Å². The molecule has 2 heterocycles. The minimum atomic E-state index is -3.04. The lowest BCUT2D eigenvalue weighted by Crippen LogP contribution is -2.32. The molecule has 1 aliphatic rings. The van der Waals surface area contributed by atoms with E-state index < -0.39 is 12.5 Å². The van der Waals surface area contributed by atoms with Crippen LogP contribution in [0.15, 0.2) is 59.5 Å². The van der Waals surface area contributed by atoms with Crippen LogP contribution in [0.4, 0.5) is 14.5 Å². The quantitative estimate of drug-likeness (QED) is 0.714. The number of para-hydroxylation sites is 1. The average Bonchev–Trinajstić information content (AvgIpc) is 3.23. The average molecular weight is 386 g/mol. The van der Waals surface area contributed by atoms with Crippen LogP contribution in [-0.4, -0.2) is 24.1 Å². The van der Waals surface area contributed by atoms with Gasteiger partial charge in [-0.1, -0.05) is 18.2 Å². The number of oxazole rings is 1. The molecule has 0 bridgehead atoms. The van der Waals surface area contributed by atoms with Crippen molar-refractivity contribution in [3.05, 3.63) is 60.6 Å². The maximum atomic E-state index is 12.8. The van der Waals surface area contributed by atoms with Crippen molar-refractivity contribution >= 4 is 11.6 Å². The second-order valence-corrected chi connectivity index (χ2v) is 6.26. The van der Waals surface area contributed by atoms with E-state index in [-0.39, 0.29) is 24.0 Å². The molecule has 3 aromatic rings. The van der Waals surface area contributed by atoms with E-state index >= 15 is 0 Å². The van der Waals surface area contributed by atoms with Crippen molar-refractivity contribution in [3.63, 3.8) is 0 Å². The molecule has 0 aliphatic carbocycles. The number of alkyl halides is 2. The molecule has 1 N–H and O–H groups in total. The van der Waals surface area contributed by atoms with Crippen LogP contribution in [0.3, 0.4) is 0 Å². The van der Waals surface area contributed by atoms with Gasteiger partial charge in [-0.3, -0.25) is 4.79 Å². The molecule has 1 amide bonds. The number of benzene rings is 2.